The minimum Gasteiger partial charge on any atom is -0.508 e. The third kappa shape index (κ3) is 3.62. The third-order valence-electron chi connectivity index (χ3n) is 7.29. The van der Waals surface area contributed by atoms with Gasteiger partial charge in [0.15, 0.2) is 0 Å². The summed E-state index contributed by atoms with van der Waals surface area (Å²) >= 11 is 1.71. The van der Waals surface area contributed by atoms with Crippen LogP contribution in [0, 0.1) is 28.6 Å². The molecule has 0 spiro atoms. The van der Waals surface area contributed by atoms with Crippen molar-refractivity contribution in [1.82, 2.24) is 0 Å². The molecule has 2 aliphatic rings. The highest BCUT2D eigenvalue weighted by Crippen LogP contribution is 2.61. The van der Waals surface area contributed by atoms with Gasteiger partial charge < -0.3 is 10.2 Å². The number of phenols is 1. The number of benzene rings is 1. The van der Waals surface area contributed by atoms with Crippen LogP contribution in [0.15, 0.2) is 23.1 Å². The number of fused-ring (bicyclic) bond motifs is 1. The van der Waals surface area contributed by atoms with Gasteiger partial charge in [-0.25, -0.2) is 4.79 Å². The quantitative estimate of drug-likeness (QED) is 0.627. The Kier molecular flexibility index (Phi) is 5.35. The number of phenolic OH excluding ortho intramolecular Hbond substituents is 1. The molecular formula is C22H32O3S. The molecule has 0 amide bonds. The predicted octanol–water partition coefficient (Wildman–Crippen LogP) is 6.06. The molecule has 3 rings (SSSR count). The highest BCUT2D eigenvalue weighted by molar-refractivity contribution is 7.99. The lowest BCUT2D eigenvalue weighted by Gasteiger charge is -2.59. The van der Waals surface area contributed by atoms with E-state index in [2.05, 4.69) is 27.7 Å². The van der Waals surface area contributed by atoms with E-state index in [4.69, 9.17) is 0 Å². The van der Waals surface area contributed by atoms with Crippen molar-refractivity contribution < 1.29 is 15.0 Å². The molecule has 4 heteroatoms. The number of carbonyl (C=O) groups is 1. The summed E-state index contributed by atoms with van der Waals surface area (Å²) in [6.45, 7) is 9.79. The zero-order chi connectivity index (χ0) is 19.1. The van der Waals surface area contributed by atoms with E-state index in [1.54, 1.807) is 23.9 Å². The Morgan fingerprint density at radius 3 is 2.62 bits per heavy atom. The summed E-state index contributed by atoms with van der Waals surface area (Å²) in [5.41, 5.74) is 0.934. The normalized spacial score (nSPS) is 33.5. The largest absolute Gasteiger partial charge is 0.508 e. The van der Waals surface area contributed by atoms with Gasteiger partial charge in [0.1, 0.15) is 5.75 Å². The van der Waals surface area contributed by atoms with Crippen LogP contribution in [0.2, 0.25) is 0 Å². The SMILES string of the molecule is CC1CCC2C(C)(C)CCCC2(C)C1CSc1cc(O)cc(C(=O)O)c1. The smallest absolute Gasteiger partial charge is 0.335 e. The summed E-state index contributed by atoms with van der Waals surface area (Å²) in [7, 11) is 0. The Morgan fingerprint density at radius 1 is 1.19 bits per heavy atom. The first-order chi connectivity index (χ1) is 12.1. The van der Waals surface area contributed by atoms with E-state index >= 15 is 0 Å². The van der Waals surface area contributed by atoms with Crippen molar-refractivity contribution in [3.63, 3.8) is 0 Å². The Bertz CT molecular complexity index is 684. The summed E-state index contributed by atoms with van der Waals surface area (Å²) in [6, 6.07) is 4.69. The summed E-state index contributed by atoms with van der Waals surface area (Å²) in [4.78, 5) is 12.1. The number of carboxylic acids is 1. The second-order valence-corrected chi connectivity index (χ2v) is 10.5. The molecule has 1 aromatic rings. The van der Waals surface area contributed by atoms with Gasteiger partial charge in [0.05, 0.1) is 5.56 Å². The number of thioether (sulfide) groups is 1. The highest BCUT2D eigenvalue weighted by Gasteiger charge is 2.53. The van der Waals surface area contributed by atoms with E-state index in [0.717, 1.165) is 16.6 Å². The Hall–Kier alpha value is -1.16. The second kappa shape index (κ2) is 7.10. The Morgan fingerprint density at radius 2 is 1.92 bits per heavy atom. The molecule has 4 atom stereocenters. The molecule has 3 nitrogen and oxygen atoms in total. The van der Waals surface area contributed by atoms with Crippen LogP contribution in [-0.2, 0) is 0 Å². The maximum atomic E-state index is 11.3. The maximum Gasteiger partial charge on any atom is 0.335 e. The van der Waals surface area contributed by atoms with E-state index in [-0.39, 0.29) is 11.3 Å². The number of hydrogen-bond donors (Lipinski definition) is 2. The van der Waals surface area contributed by atoms with Crippen LogP contribution >= 0.6 is 11.8 Å². The van der Waals surface area contributed by atoms with Gasteiger partial charge >= 0.3 is 5.97 Å². The van der Waals surface area contributed by atoms with Crippen LogP contribution in [0.25, 0.3) is 0 Å². The van der Waals surface area contributed by atoms with Crippen molar-refractivity contribution in [2.45, 2.75) is 64.7 Å². The monoisotopic (exact) mass is 376 g/mol. The first-order valence-corrected chi connectivity index (χ1v) is 10.8. The fourth-order valence-corrected chi connectivity index (χ4v) is 7.44. The first-order valence-electron chi connectivity index (χ1n) is 9.83. The van der Waals surface area contributed by atoms with Crippen LogP contribution in [0.4, 0.5) is 0 Å². The number of aromatic hydroxyl groups is 1. The average molecular weight is 377 g/mol. The fraction of sp³-hybridized carbons (Fsp3) is 0.682. The first kappa shape index (κ1) is 19.6. The molecule has 0 heterocycles. The molecule has 0 saturated heterocycles. The van der Waals surface area contributed by atoms with Gasteiger partial charge in [0.2, 0.25) is 0 Å². The fourth-order valence-electron chi connectivity index (χ4n) is 5.94. The molecule has 26 heavy (non-hydrogen) atoms. The van der Waals surface area contributed by atoms with Crippen molar-refractivity contribution in [2.75, 3.05) is 5.75 Å². The average Bonchev–Trinajstić information content (AvgIpc) is 2.52. The van der Waals surface area contributed by atoms with E-state index in [9.17, 15) is 15.0 Å². The van der Waals surface area contributed by atoms with Gasteiger partial charge in [-0.2, -0.15) is 0 Å². The summed E-state index contributed by atoms with van der Waals surface area (Å²) in [5, 5.41) is 19.1. The van der Waals surface area contributed by atoms with Gasteiger partial charge in [0, 0.05) is 10.6 Å². The molecule has 0 aromatic heterocycles. The van der Waals surface area contributed by atoms with Crippen LogP contribution in [0.3, 0.4) is 0 Å². The summed E-state index contributed by atoms with van der Waals surface area (Å²) in [6.07, 6.45) is 6.56. The second-order valence-electron chi connectivity index (χ2n) is 9.39. The van der Waals surface area contributed by atoms with Crippen molar-refractivity contribution in [3.8, 4) is 5.75 Å². The van der Waals surface area contributed by atoms with Gasteiger partial charge in [-0.1, -0.05) is 40.5 Å². The zero-order valence-electron chi connectivity index (χ0n) is 16.4. The molecule has 144 valence electrons. The molecule has 2 fully saturated rings. The summed E-state index contributed by atoms with van der Waals surface area (Å²) < 4.78 is 0. The number of hydrogen-bond acceptors (Lipinski definition) is 3. The van der Waals surface area contributed by atoms with E-state index < -0.39 is 5.97 Å². The lowest BCUT2D eigenvalue weighted by molar-refractivity contribution is -0.0850. The van der Waals surface area contributed by atoms with Crippen LogP contribution in [-0.4, -0.2) is 21.9 Å². The summed E-state index contributed by atoms with van der Waals surface area (Å²) in [5.74, 6) is 2.12. The Labute approximate surface area is 161 Å². The number of rotatable bonds is 4. The third-order valence-corrected chi connectivity index (χ3v) is 8.38. The van der Waals surface area contributed by atoms with Crippen molar-refractivity contribution in [1.29, 1.82) is 0 Å². The van der Waals surface area contributed by atoms with Gasteiger partial charge in [0.25, 0.3) is 0 Å². The van der Waals surface area contributed by atoms with E-state index in [0.29, 0.717) is 22.7 Å². The van der Waals surface area contributed by atoms with Crippen molar-refractivity contribution >= 4 is 17.7 Å². The van der Waals surface area contributed by atoms with Crippen molar-refractivity contribution in [3.05, 3.63) is 23.8 Å². The molecule has 0 aliphatic heterocycles. The molecule has 2 aliphatic carbocycles. The minimum atomic E-state index is -0.991. The standard InChI is InChI=1S/C22H32O3S/c1-14-6-7-19-21(2,3)8-5-9-22(19,4)18(14)13-26-17-11-15(20(24)25)10-16(23)12-17/h10-12,14,18-19,23H,5-9,13H2,1-4H3,(H,24,25). The van der Waals surface area contributed by atoms with Crippen molar-refractivity contribution in [2.24, 2.45) is 28.6 Å². The van der Waals surface area contributed by atoms with Crippen LogP contribution in [0.1, 0.15) is 70.2 Å². The zero-order valence-corrected chi connectivity index (χ0v) is 17.2. The highest BCUT2D eigenvalue weighted by atomic mass is 32.2. The van der Waals surface area contributed by atoms with E-state index in [1.807, 2.05) is 0 Å². The molecule has 0 radical (unpaired) electrons. The topological polar surface area (TPSA) is 57.5 Å². The number of carboxylic acid groups (broad SMARTS) is 1. The lowest BCUT2D eigenvalue weighted by atomic mass is 9.47. The van der Waals surface area contributed by atoms with Crippen LogP contribution in [0.5, 0.6) is 5.75 Å². The van der Waals surface area contributed by atoms with Gasteiger partial charge in [-0.05, 0) is 66.0 Å². The predicted molar refractivity (Wildman–Crippen MR) is 107 cm³/mol. The maximum absolute atomic E-state index is 11.3. The molecule has 2 N–H and O–H groups in total. The molecule has 4 unspecified atom stereocenters. The molecular weight excluding hydrogens is 344 g/mol. The van der Waals surface area contributed by atoms with Crippen LogP contribution < -0.4 is 0 Å². The lowest BCUT2D eigenvalue weighted by Crippen LogP contribution is -2.51. The molecule has 1 aromatic carbocycles. The van der Waals surface area contributed by atoms with Gasteiger partial charge in [-0.15, -0.1) is 11.8 Å². The molecule has 0 bridgehead atoms. The minimum absolute atomic E-state index is 0.0342. The number of aromatic carboxylic acids is 1. The molecule has 2 saturated carbocycles. The Balaban J connectivity index is 1.81. The van der Waals surface area contributed by atoms with Gasteiger partial charge in [-0.3, -0.25) is 0 Å². The van der Waals surface area contributed by atoms with E-state index in [1.165, 1.54) is 38.2 Å².